The van der Waals surface area contributed by atoms with Crippen molar-refractivity contribution in [3.8, 4) is 11.8 Å². The number of hydrogen-bond donors (Lipinski definition) is 0. The zero-order valence-corrected chi connectivity index (χ0v) is 15.7. The summed E-state index contributed by atoms with van der Waals surface area (Å²) in [6.45, 7) is 2.36. The highest BCUT2D eigenvalue weighted by Gasteiger charge is 2.28. The molecule has 140 valence electrons. The van der Waals surface area contributed by atoms with Crippen LogP contribution in [0.1, 0.15) is 11.6 Å². The summed E-state index contributed by atoms with van der Waals surface area (Å²) in [5, 5.41) is 9.67. The molecule has 1 unspecified atom stereocenters. The largest absolute Gasteiger partial charge is 0.415 e. The number of para-hydroxylation sites is 1. The molecule has 1 atom stereocenters. The Morgan fingerprint density at radius 3 is 2.22 bits per heavy atom. The first-order valence-electron chi connectivity index (χ1n) is 9.01. The lowest BCUT2D eigenvalue weighted by Gasteiger charge is -2.36. The standard InChI is InChI=1S/C21H24N4O2/c1-23(2)18-10-8-17(9-11-18)20(16-22)24-12-14-25(15-13-24)21(26)27-19-6-4-3-5-7-19/h3-11,20H,12-15H2,1-2H3. The van der Waals surface area contributed by atoms with Gasteiger partial charge in [0.05, 0.1) is 6.07 Å². The van der Waals surface area contributed by atoms with Crippen LogP contribution < -0.4 is 9.64 Å². The number of rotatable bonds is 4. The molecular formula is C21H24N4O2. The van der Waals surface area contributed by atoms with Gasteiger partial charge in [0.15, 0.2) is 0 Å². The van der Waals surface area contributed by atoms with Crippen molar-refractivity contribution in [3.63, 3.8) is 0 Å². The molecular weight excluding hydrogens is 340 g/mol. The van der Waals surface area contributed by atoms with Crippen molar-refractivity contribution in [2.24, 2.45) is 0 Å². The van der Waals surface area contributed by atoms with Gasteiger partial charge in [-0.15, -0.1) is 0 Å². The third kappa shape index (κ3) is 4.57. The fraction of sp³-hybridized carbons (Fsp3) is 0.333. The van der Waals surface area contributed by atoms with Gasteiger partial charge in [0.2, 0.25) is 0 Å². The summed E-state index contributed by atoms with van der Waals surface area (Å²) >= 11 is 0. The second-order valence-corrected chi connectivity index (χ2v) is 6.72. The van der Waals surface area contributed by atoms with Crippen molar-refractivity contribution in [2.75, 3.05) is 45.2 Å². The summed E-state index contributed by atoms with van der Waals surface area (Å²) in [5.74, 6) is 0.542. The average molecular weight is 364 g/mol. The monoisotopic (exact) mass is 364 g/mol. The maximum atomic E-state index is 12.3. The highest BCUT2D eigenvalue weighted by atomic mass is 16.6. The van der Waals surface area contributed by atoms with E-state index in [-0.39, 0.29) is 12.1 Å². The third-order valence-electron chi connectivity index (χ3n) is 4.73. The summed E-state index contributed by atoms with van der Waals surface area (Å²) in [7, 11) is 3.98. The molecule has 1 aliphatic heterocycles. The molecule has 0 spiro atoms. The van der Waals surface area contributed by atoms with Crippen LogP contribution >= 0.6 is 0 Å². The lowest BCUT2D eigenvalue weighted by atomic mass is 10.0. The van der Waals surface area contributed by atoms with Crippen LogP contribution in [0.5, 0.6) is 5.75 Å². The van der Waals surface area contributed by atoms with Crippen LogP contribution in [0, 0.1) is 11.3 Å². The predicted octanol–water partition coefficient (Wildman–Crippen LogP) is 3.13. The maximum Gasteiger partial charge on any atom is 0.415 e. The summed E-state index contributed by atoms with van der Waals surface area (Å²) in [6.07, 6.45) is -0.343. The fourth-order valence-corrected chi connectivity index (χ4v) is 3.14. The second kappa shape index (κ2) is 8.56. The van der Waals surface area contributed by atoms with Crippen LogP contribution in [0.2, 0.25) is 0 Å². The van der Waals surface area contributed by atoms with E-state index in [1.54, 1.807) is 17.0 Å². The summed E-state index contributed by atoms with van der Waals surface area (Å²) in [6, 6.07) is 19.2. The van der Waals surface area contributed by atoms with Gasteiger partial charge in [0, 0.05) is 46.0 Å². The van der Waals surface area contributed by atoms with E-state index in [1.807, 2.05) is 61.5 Å². The molecule has 0 bridgehead atoms. The lowest BCUT2D eigenvalue weighted by Crippen LogP contribution is -2.50. The van der Waals surface area contributed by atoms with Gasteiger partial charge in [-0.05, 0) is 29.8 Å². The Kier molecular flexibility index (Phi) is 5.94. The van der Waals surface area contributed by atoms with Crippen LogP contribution in [-0.2, 0) is 0 Å². The SMILES string of the molecule is CN(C)c1ccc(C(C#N)N2CCN(C(=O)Oc3ccccc3)CC2)cc1. The molecule has 3 rings (SSSR count). The van der Waals surface area contributed by atoms with Crippen LogP contribution in [0.25, 0.3) is 0 Å². The number of benzene rings is 2. The average Bonchev–Trinajstić information content (AvgIpc) is 2.70. The molecule has 0 N–H and O–H groups in total. The Labute approximate surface area is 160 Å². The number of hydrogen-bond acceptors (Lipinski definition) is 5. The van der Waals surface area contributed by atoms with Gasteiger partial charge in [0.1, 0.15) is 11.8 Å². The molecule has 2 aromatic rings. The van der Waals surface area contributed by atoms with Gasteiger partial charge >= 0.3 is 6.09 Å². The van der Waals surface area contributed by atoms with E-state index in [4.69, 9.17) is 4.74 Å². The number of ether oxygens (including phenoxy) is 1. The van der Waals surface area contributed by atoms with E-state index in [0.717, 1.165) is 11.3 Å². The maximum absolute atomic E-state index is 12.3. The van der Waals surface area contributed by atoms with Gasteiger partial charge in [0.25, 0.3) is 0 Å². The Morgan fingerprint density at radius 1 is 1.04 bits per heavy atom. The molecule has 2 aromatic carbocycles. The Bertz CT molecular complexity index is 791. The van der Waals surface area contributed by atoms with Crippen molar-refractivity contribution in [2.45, 2.75) is 6.04 Å². The van der Waals surface area contributed by atoms with Crippen LogP contribution in [0.4, 0.5) is 10.5 Å². The zero-order valence-electron chi connectivity index (χ0n) is 15.7. The van der Waals surface area contributed by atoms with Gasteiger partial charge in [-0.2, -0.15) is 5.26 Å². The third-order valence-corrected chi connectivity index (χ3v) is 4.73. The van der Waals surface area contributed by atoms with Crippen LogP contribution in [0.3, 0.4) is 0 Å². The minimum atomic E-state index is -0.343. The van der Waals surface area contributed by atoms with E-state index < -0.39 is 0 Å². The van der Waals surface area contributed by atoms with Gasteiger partial charge in [-0.25, -0.2) is 4.79 Å². The molecule has 1 heterocycles. The number of carbonyl (C=O) groups is 1. The lowest BCUT2D eigenvalue weighted by molar-refractivity contribution is 0.100. The molecule has 1 fully saturated rings. The number of nitrogens with zero attached hydrogens (tertiary/aromatic N) is 4. The van der Waals surface area contributed by atoms with Gasteiger partial charge in [-0.3, -0.25) is 4.90 Å². The molecule has 1 aliphatic rings. The van der Waals surface area contributed by atoms with Crippen molar-refractivity contribution in [1.82, 2.24) is 9.80 Å². The predicted molar refractivity (Wildman–Crippen MR) is 105 cm³/mol. The molecule has 1 amide bonds. The summed E-state index contributed by atoms with van der Waals surface area (Å²) in [5.41, 5.74) is 2.08. The van der Waals surface area contributed by atoms with Gasteiger partial charge in [-0.1, -0.05) is 30.3 Å². The van der Waals surface area contributed by atoms with Crippen LogP contribution in [0.15, 0.2) is 54.6 Å². The molecule has 0 radical (unpaired) electrons. The Morgan fingerprint density at radius 2 is 1.67 bits per heavy atom. The molecule has 1 saturated heterocycles. The number of anilines is 1. The van der Waals surface area contributed by atoms with E-state index in [0.29, 0.717) is 31.9 Å². The van der Waals surface area contributed by atoms with E-state index in [9.17, 15) is 10.1 Å². The minimum Gasteiger partial charge on any atom is -0.410 e. The topological polar surface area (TPSA) is 59.8 Å². The van der Waals surface area contributed by atoms with Crippen molar-refractivity contribution >= 4 is 11.8 Å². The summed E-state index contributed by atoms with van der Waals surface area (Å²) in [4.78, 5) is 18.1. The number of amides is 1. The second-order valence-electron chi connectivity index (χ2n) is 6.72. The normalized spacial score (nSPS) is 15.7. The molecule has 6 heteroatoms. The summed E-state index contributed by atoms with van der Waals surface area (Å²) < 4.78 is 5.39. The quantitative estimate of drug-likeness (QED) is 0.834. The van der Waals surface area contributed by atoms with Crippen LogP contribution in [-0.4, -0.2) is 56.2 Å². The first-order chi connectivity index (χ1) is 13.1. The molecule has 6 nitrogen and oxygen atoms in total. The highest BCUT2D eigenvalue weighted by molar-refractivity contribution is 5.70. The van der Waals surface area contributed by atoms with E-state index in [2.05, 4.69) is 11.0 Å². The van der Waals surface area contributed by atoms with Crippen molar-refractivity contribution in [3.05, 3.63) is 60.2 Å². The smallest absolute Gasteiger partial charge is 0.410 e. The van der Waals surface area contributed by atoms with E-state index >= 15 is 0 Å². The van der Waals surface area contributed by atoms with E-state index in [1.165, 1.54) is 0 Å². The Balaban J connectivity index is 1.58. The number of carbonyl (C=O) groups excluding carboxylic acids is 1. The zero-order chi connectivity index (χ0) is 19.2. The van der Waals surface area contributed by atoms with Crippen molar-refractivity contribution < 1.29 is 9.53 Å². The fourth-order valence-electron chi connectivity index (χ4n) is 3.14. The molecule has 0 saturated carbocycles. The first-order valence-corrected chi connectivity index (χ1v) is 9.01. The molecule has 0 aliphatic carbocycles. The highest BCUT2D eigenvalue weighted by Crippen LogP contribution is 2.24. The van der Waals surface area contributed by atoms with Crippen molar-refractivity contribution in [1.29, 1.82) is 5.26 Å². The number of nitriles is 1. The molecule has 27 heavy (non-hydrogen) atoms. The minimum absolute atomic E-state index is 0.312. The first kappa shape index (κ1) is 18.7. The number of piperazine rings is 1. The Hall–Kier alpha value is -3.04. The molecule has 0 aromatic heterocycles. The van der Waals surface area contributed by atoms with Gasteiger partial charge < -0.3 is 14.5 Å².